The first-order valence-electron chi connectivity index (χ1n) is 6.00. The maximum atomic E-state index is 5.94. The first-order chi connectivity index (χ1) is 8.27. The molecular formula is C12H19BN2O3. The minimum Gasteiger partial charge on any atom is -0.480 e. The Labute approximate surface area is 108 Å². The van der Waals surface area contributed by atoms with Crippen LogP contribution in [0.5, 0.6) is 5.88 Å². The second-order valence-electron chi connectivity index (χ2n) is 5.47. The zero-order chi connectivity index (χ0) is 13.6. The van der Waals surface area contributed by atoms with Gasteiger partial charge in [0.2, 0.25) is 5.88 Å². The van der Waals surface area contributed by atoms with E-state index in [1.54, 1.807) is 13.3 Å². The Hall–Kier alpha value is -1.14. The molecule has 5 nitrogen and oxygen atoms in total. The van der Waals surface area contributed by atoms with Crippen molar-refractivity contribution in [2.75, 3.05) is 7.11 Å². The van der Waals surface area contributed by atoms with Crippen LogP contribution in [0.1, 0.15) is 33.4 Å². The van der Waals surface area contributed by atoms with Gasteiger partial charge >= 0.3 is 7.12 Å². The van der Waals surface area contributed by atoms with Crippen molar-refractivity contribution < 1.29 is 14.0 Å². The van der Waals surface area contributed by atoms with Gasteiger partial charge < -0.3 is 14.0 Å². The van der Waals surface area contributed by atoms with Gasteiger partial charge in [0.1, 0.15) is 0 Å². The summed E-state index contributed by atoms with van der Waals surface area (Å²) < 4.78 is 16.9. The van der Waals surface area contributed by atoms with E-state index >= 15 is 0 Å². The first kappa shape index (κ1) is 13.3. The molecule has 6 heteroatoms. The molecule has 0 aromatic carbocycles. The molecule has 2 rings (SSSR count). The lowest BCUT2D eigenvalue weighted by molar-refractivity contribution is 0.00578. The number of aryl methyl sites for hydroxylation is 1. The predicted molar refractivity (Wildman–Crippen MR) is 69.0 cm³/mol. The van der Waals surface area contributed by atoms with Crippen molar-refractivity contribution in [3.63, 3.8) is 0 Å². The van der Waals surface area contributed by atoms with Crippen LogP contribution in [0.15, 0.2) is 6.20 Å². The van der Waals surface area contributed by atoms with Crippen molar-refractivity contribution >= 4 is 12.7 Å². The molecule has 1 fully saturated rings. The highest BCUT2D eigenvalue weighted by atomic mass is 16.7. The Morgan fingerprint density at radius 2 is 1.72 bits per heavy atom. The van der Waals surface area contributed by atoms with E-state index < -0.39 is 7.12 Å². The molecule has 98 valence electrons. The molecule has 0 spiro atoms. The molecule has 1 aromatic rings. The summed E-state index contributed by atoms with van der Waals surface area (Å²) in [6.07, 6.45) is 1.58. The molecule has 0 unspecified atom stereocenters. The van der Waals surface area contributed by atoms with Gasteiger partial charge in [-0.1, -0.05) is 0 Å². The van der Waals surface area contributed by atoms with Crippen LogP contribution < -0.4 is 10.3 Å². The van der Waals surface area contributed by atoms with E-state index in [0.29, 0.717) is 11.5 Å². The van der Waals surface area contributed by atoms with Gasteiger partial charge in [0.25, 0.3) is 0 Å². The fourth-order valence-electron chi connectivity index (χ4n) is 1.75. The second-order valence-corrected chi connectivity index (χ2v) is 5.47. The molecule has 0 saturated carbocycles. The van der Waals surface area contributed by atoms with Gasteiger partial charge in [-0.25, -0.2) is 4.98 Å². The summed E-state index contributed by atoms with van der Waals surface area (Å²) in [6, 6.07) is 0. The number of nitrogens with zero attached hydrogens (tertiary/aromatic N) is 2. The summed E-state index contributed by atoms with van der Waals surface area (Å²) in [5.41, 5.74) is 0.722. The molecular weight excluding hydrogens is 231 g/mol. The highest BCUT2D eigenvalue weighted by Gasteiger charge is 2.52. The van der Waals surface area contributed by atoms with Gasteiger partial charge in [-0.2, -0.15) is 0 Å². The number of aromatic nitrogens is 2. The molecule has 0 N–H and O–H groups in total. The van der Waals surface area contributed by atoms with Crippen LogP contribution in [0, 0.1) is 6.92 Å². The van der Waals surface area contributed by atoms with Gasteiger partial charge in [0.05, 0.1) is 35.8 Å². The number of methoxy groups -OCH3 is 1. The third kappa shape index (κ3) is 2.10. The zero-order valence-corrected chi connectivity index (χ0v) is 11.8. The molecule has 0 atom stereocenters. The van der Waals surface area contributed by atoms with Crippen molar-refractivity contribution in [1.29, 1.82) is 0 Å². The van der Waals surface area contributed by atoms with Crippen molar-refractivity contribution in [2.45, 2.75) is 45.8 Å². The highest BCUT2D eigenvalue weighted by molar-refractivity contribution is 6.61. The van der Waals surface area contributed by atoms with E-state index in [4.69, 9.17) is 14.0 Å². The van der Waals surface area contributed by atoms with E-state index in [2.05, 4.69) is 9.97 Å². The Morgan fingerprint density at radius 3 is 2.17 bits per heavy atom. The van der Waals surface area contributed by atoms with E-state index in [0.717, 1.165) is 5.69 Å². The fourth-order valence-corrected chi connectivity index (χ4v) is 1.75. The van der Waals surface area contributed by atoms with Crippen molar-refractivity contribution in [3.05, 3.63) is 11.9 Å². The van der Waals surface area contributed by atoms with E-state index in [1.165, 1.54) is 0 Å². The predicted octanol–water partition coefficient (Wildman–Crippen LogP) is 1.09. The molecule has 2 heterocycles. The fraction of sp³-hybridized carbons (Fsp3) is 0.667. The van der Waals surface area contributed by atoms with Gasteiger partial charge in [0, 0.05) is 0 Å². The Kier molecular flexibility index (Phi) is 3.11. The Bertz CT molecular complexity index is 447. The third-order valence-electron chi connectivity index (χ3n) is 3.65. The van der Waals surface area contributed by atoms with Gasteiger partial charge in [-0.15, -0.1) is 0 Å². The number of ether oxygens (including phenoxy) is 1. The smallest absolute Gasteiger partial charge is 0.480 e. The highest BCUT2D eigenvalue weighted by Crippen LogP contribution is 2.36. The minimum absolute atomic E-state index is 0.369. The Morgan fingerprint density at radius 1 is 1.17 bits per heavy atom. The topological polar surface area (TPSA) is 53.5 Å². The monoisotopic (exact) mass is 250 g/mol. The molecule has 0 amide bonds. The largest absolute Gasteiger partial charge is 0.516 e. The lowest BCUT2D eigenvalue weighted by Gasteiger charge is -2.32. The van der Waals surface area contributed by atoms with Crippen LogP contribution in [0.2, 0.25) is 0 Å². The SMILES string of the molecule is COc1cnc(B2OC(C)(C)C(C)(C)O2)c(C)n1. The lowest BCUT2D eigenvalue weighted by Crippen LogP contribution is -2.41. The van der Waals surface area contributed by atoms with E-state index in [9.17, 15) is 0 Å². The first-order valence-corrected chi connectivity index (χ1v) is 6.00. The standard InChI is InChI=1S/C12H19BN2O3/c1-8-10(14-7-9(15-8)16-6)13-17-11(2,3)12(4,5)18-13/h7H,1-6H3. The summed E-state index contributed by atoms with van der Waals surface area (Å²) in [7, 11) is 1.09. The molecule has 0 bridgehead atoms. The molecule has 1 aliphatic rings. The van der Waals surface area contributed by atoms with Crippen LogP contribution in [0.4, 0.5) is 0 Å². The van der Waals surface area contributed by atoms with Crippen LogP contribution in [0.3, 0.4) is 0 Å². The maximum Gasteiger partial charge on any atom is 0.516 e. The van der Waals surface area contributed by atoms with Crippen molar-refractivity contribution in [2.24, 2.45) is 0 Å². The van der Waals surface area contributed by atoms with Crippen LogP contribution >= 0.6 is 0 Å². The van der Waals surface area contributed by atoms with Crippen LogP contribution in [0.25, 0.3) is 0 Å². The summed E-state index contributed by atoms with van der Waals surface area (Å²) in [5.74, 6) is 0.493. The van der Waals surface area contributed by atoms with Crippen molar-refractivity contribution in [3.8, 4) is 5.88 Å². The third-order valence-corrected chi connectivity index (χ3v) is 3.65. The molecule has 0 aliphatic carbocycles. The maximum absolute atomic E-state index is 5.94. The Balaban J connectivity index is 2.30. The number of hydrogen-bond donors (Lipinski definition) is 0. The van der Waals surface area contributed by atoms with Gasteiger partial charge in [-0.05, 0) is 34.6 Å². The second kappa shape index (κ2) is 4.21. The summed E-state index contributed by atoms with van der Waals surface area (Å²) in [5, 5.41) is 0. The number of rotatable bonds is 2. The normalized spacial score (nSPS) is 21.1. The van der Waals surface area contributed by atoms with Crippen LogP contribution in [-0.2, 0) is 9.31 Å². The quantitative estimate of drug-likeness (QED) is 0.735. The average Bonchev–Trinajstić information content (AvgIpc) is 2.47. The molecule has 18 heavy (non-hydrogen) atoms. The lowest BCUT2D eigenvalue weighted by atomic mass is 9.83. The molecule has 1 aromatic heterocycles. The molecule has 1 saturated heterocycles. The van der Waals surface area contributed by atoms with Crippen LogP contribution in [-0.4, -0.2) is 35.4 Å². The average molecular weight is 250 g/mol. The van der Waals surface area contributed by atoms with Gasteiger partial charge in [-0.3, -0.25) is 4.98 Å². The van der Waals surface area contributed by atoms with E-state index in [1.807, 2.05) is 34.6 Å². The van der Waals surface area contributed by atoms with E-state index in [-0.39, 0.29) is 11.2 Å². The minimum atomic E-state index is -0.478. The summed E-state index contributed by atoms with van der Waals surface area (Å²) >= 11 is 0. The molecule has 0 radical (unpaired) electrons. The number of hydrogen-bond acceptors (Lipinski definition) is 5. The summed E-state index contributed by atoms with van der Waals surface area (Å²) in [6.45, 7) is 9.92. The summed E-state index contributed by atoms with van der Waals surface area (Å²) in [4.78, 5) is 8.61. The zero-order valence-electron chi connectivity index (χ0n) is 11.8. The van der Waals surface area contributed by atoms with Gasteiger partial charge in [0.15, 0.2) is 0 Å². The van der Waals surface area contributed by atoms with Crippen molar-refractivity contribution in [1.82, 2.24) is 9.97 Å². The molecule has 1 aliphatic heterocycles.